The monoisotopic (exact) mass is 312 g/mol. The molecule has 1 saturated heterocycles. The molecule has 21 heavy (non-hydrogen) atoms. The number of nitrogens with zero attached hydrogens (tertiary/aromatic N) is 2. The van der Waals surface area contributed by atoms with E-state index in [-0.39, 0.29) is 16.9 Å². The third-order valence-corrected chi connectivity index (χ3v) is 6.48. The number of pyridine rings is 1. The zero-order chi connectivity index (χ0) is 15.5. The van der Waals surface area contributed by atoms with Crippen LogP contribution in [0.15, 0.2) is 23.4 Å². The van der Waals surface area contributed by atoms with Gasteiger partial charge in [0.25, 0.3) is 10.0 Å². The average molecular weight is 312 g/mol. The second-order valence-corrected chi connectivity index (χ2v) is 9.36. The van der Waals surface area contributed by atoms with Gasteiger partial charge in [0.1, 0.15) is 0 Å². The Morgan fingerprint density at radius 1 is 1.33 bits per heavy atom. The van der Waals surface area contributed by atoms with E-state index in [0.29, 0.717) is 6.54 Å². The van der Waals surface area contributed by atoms with Crippen LogP contribution in [0.5, 0.6) is 0 Å². The molecule has 2 bridgehead atoms. The number of hydrogen-bond acceptors (Lipinski definition) is 3. The van der Waals surface area contributed by atoms with Crippen LogP contribution in [0.1, 0.15) is 40.0 Å². The third kappa shape index (κ3) is 2.48. The Bertz CT molecular complexity index is 674. The van der Waals surface area contributed by atoms with Gasteiger partial charge in [0.05, 0.1) is 0 Å². The minimum atomic E-state index is -3.86. The van der Waals surface area contributed by atoms with Crippen molar-refractivity contribution >= 4 is 10.0 Å². The van der Waals surface area contributed by atoms with Gasteiger partial charge >= 0.3 is 0 Å². The van der Waals surface area contributed by atoms with Crippen molar-refractivity contribution in [2.24, 2.45) is 10.8 Å². The van der Waals surface area contributed by atoms with Crippen LogP contribution in [0, 0.1) is 16.6 Å². The molecular weight excluding hydrogens is 291 g/mol. The van der Waals surface area contributed by atoms with Crippen LogP contribution in [0.3, 0.4) is 0 Å². The molecular formula is C15H21FN2O2S. The lowest BCUT2D eigenvalue weighted by Gasteiger charge is -2.39. The molecule has 0 aromatic carbocycles. The maximum atomic E-state index is 13.9. The van der Waals surface area contributed by atoms with Crippen molar-refractivity contribution in [1.82, 2.24) is 9.29 Å². The molecule has 3 rings (SSSR count). The predicted molar refractivity (Wildman–Crippen MR) is 77.6 cm³/mol. The molecule has 116 valence electrons. The van der Waals surface area contributed by atoms with Gasteiger partial charge < -0.3 is 0 Å². The van der Waals surface area contributed by atoms with E-state index in [1.807, 2.05) is 0 Å². The zero-order valence-electron chi connectivity index (χ0n) is 12.6. The van der Waals surface area contributed by atoms with Gasteiger partial charge in [-0.15, -0.1) is 0 Å². The molecule has 2 unspecified atom stereocenters. The molecule has 0 amide bonds. The Kier molecular flexibility index (Phi) is 3.19. The van der Waals surface area contributed by atoms with E-state index in [1.165, 1.54) is 16.6 Å². The van der Waals surface area contributed by atoms with E-state index in [4.69, 9.17) is 0 Å². The zero-order valence-corrected chi connectivity index (χ0v) is 13.5. The molecule has 1 saturated carbocycles. The summed E-state index contributed by atoms with van der Waals surface area (Å²) >= 11 is 0. The van der Waals surface area contributed by atoms with E-state index >= 15 is 0 Å². The van der Waals surface area contributed by atoms with Gasteiger partial charge in [-0.05, 0) is 42.2 Å². The summed E-state index contributed by atoms with van der Waals surface area (Å²) in [6.07, 6.45) is 3.98. The van der Waals surface area contributed by atoms with E-state index in [2.05, 4.69) is 25.8 Å². The lowest BCUT2D eigenvalue weighted by atomic mass is 9.65. The first-order chi connectivity index (χ1) is 9.63. The fourth-order valence-electron chi connectivity index (χ4n) is 4.36. The summed E-state index contributed by atoms with van der Waals surface area (Å²) in [6.45, 7) is 6.94. The van der Waals surface area contributed by atoms with Crippen LogP contribution in [-0.2, 0) is 10.0 Å². The van der Waals surface area contributed by atoms with Gasteiger partial charge in [-0.2, -0.15) is 4.31 Å². The van der Waals surface area contributed by atoms with Crippen LogP contribution >= 0.6 is 0 Å². The maximum absolute atomic E-state index is 13.9. The molecule has 1 aromatic heterocycles. The van der Waals surface area contributed by atoms with E-state index in [1.54, 1.807) is 0 Å². The average Bonchev–Trinajstić information content (AvgIpc) is 2.59. The summed E-state index contributed by atoms with van der Waals surface area (Å²) in [7, 11) is -3.86. The fourth-order valence-corrected chi connectivity index (χ4v) is 6.12. The summed E-state index contributed by atoms with van der Waals surface area (Å²) in [5, 5.41) is -0.445. The Morgan fingerprint density at radius 3 is 2.71 bits per heavy atom. The molecule has 0 spiro atoms. The summed E-state index contributed by atoms with van der Waals surface area (Å²) in [5.41, 5.74) is 0.0926. The summed E-state index contributed by atoms with van der Waals surface area (Å²) in [6, 6.07) is 2.50. The molecule has 1 aliphatic carbocycles. The number of rotatable bonds is 2. The van der Waals surface area contributed by atoms with Gasteiger partial charge in [0.15, 0.2) is 5.82 Å². The first kappa shape index (κ1) is 14.9. The van der Waals surface area contributed by atoms with Crippen LogP contribution in [0.25, 0.3) is 0 Å². The van der Waals surface area contributed by atoms with Gasteiger partial charge in [-0.25, -0.2) is 17.8 Å². The Labute approximate surface area is 125 Å². The van der Waals surface area contributed by atoms with Crippen molar-refractivity contribution in [3.05, 3.63) is 24.1 Å². The number of hydrogen-bond donors (Lipinski definition) is 0. The van der Waals surface area contributed by atoms with Crippen molar-refractivity contribution < 1.29 is 12.8 Å². The van der Waals surface area contributed by atoms with Crippen LogP contribution < -0.4 is 0 Å². The van der Waals surface area contributed by atoms with Gasteiger partial charge in [0, 0.05) is 18.8 Å². The first-order valence-corrected chi connectivity index (χ1v) is 8.69. The number of aromatic nitrogens is 1. The topological polar surface area (TPSA) is 50.3 Å². The highest BCUT2D eigenvalue weighted by atomic mass is 32.2. The summed E-state index contributed by atoms with van der Waals surface area (Å²) in [5.74, 6) is -0.775. The van der Waals surface area contributed by atoms with E-state index in [0.717, 1.165) is 25.3 Å². The lowest BCUT2D eigenvalue weighted by molar-refractivity contribution is 0.133. The number of halogens is 1. The second-order valence-electron chi connectivity index (χ2n) is 7.55. The van der Waals surface area contributed by atoms with Crippen LogP contribution in [0.2, 0.25) is 0 Å². The molecule has 6 heteroatoms. The Hall–Kier alpha value is -1.01. The highest BCUT2D eigenvalue weighted by Crippen LogP contribution is 2.53. The largest absolute Gasteiger partial charge is 0.263 e. The maximum Gasteiger partial charge on any atom is 0.263 e. The van der Waals surface area contributed by atoms with Crippen molar-refractivity contribution in [2.45, 2.75) is 51.1 Å². The SMILES string of the molecule is CC1(C)CC2CC(C)(CN2S(=O)(=O)c2ncccc2F)C1. The van der Waals surface area contributed by atoms with E-state index < -0.39 is 20.9 Å². The molecule has 1 aliphatic heterocycles. The Morgan fingerprint density at radius 2 is 2.05 bits per heavy atom. The lowest BCUT2D eigenvalue weighted by Crippen LogP contribution is -2.38. The summed E-state index contributed by atoms with van der Waals surface area (Å²) < 4.78 is 40.9. The minimum absolute atomic E-state index is 0.0231. The molecule has 2 fully saturated rings. The van der Waals surface area contributed by atoms with Gasteiger partial charge in [-0.3, -0.25) is 0 Å². The molecule has 0 N–H and O–H groups in total. The number of sulfonamides is 1. The molecule has 2 atom stereocenters. The Balaban J connectivity index is 2.00. The molecule has 1 aromatic rings. The standard InChI is InChI=1S/C15H21FN2O2S/c1-14(2)7-11-8-15(3,9-14)10-18(11)21(19,20)13-12(16)5-4-6-17-13/h4-6,11H,7-10H2,1-3H3. The normalized spacial score (nSPS) is 32.3. The minimum Gasteiger partial charge on any atom is -0.241 e. The quantitative estimate of drug-likeness (QED) is 0.844. The molecule has 4 nitrogen and oxygen atoms in total. The van der Waals surface area contributed by atoms with Crippen molar-refractivity contribution in [1.29, 1.82) is 0 Å². The number of fused-ring (bicyclic) bond motifs is 2. The van der Waals surface area contributed by atoms with Crippen LogP contribution in [0.4, 0.5) is 4.39 Å². The highest BCUT2D eigenvalue weighted by Gasteiger charge is 2.53. The predicted octanol–water partition coefficient (Wildman–Crippen LogP) is 2.81. The smallest absolute Gasteiger partial charge is 0.241 e. The van der Waals surface area contributed by atoms with E-state index in [9.17, 15) is 12.8 Å². The highest BCUT2D eigenvalue weighted by molar-refractivity contribution is 7.89. The van der Waals surface area contributed by atoms with Gasteiger partial charge in [-0.1, -0.05) is 20.8 Å². The fraction of sp³-hybridized carbons (Fsp3) is 0.667. The molecule has 2 aliphatic rings. The molecule has 0 radical (unpaired) electrons. The van der Waals surface area contributed by atoms with Crippen molar-refractivity contribution in [3.8, 4) is 0 Å². The first-order valence-electron chi connectivity index (χ1n) is 7.25. The van der Waals surface area contributed by atoms with Crippen LogP contribution in [-0.4, -0.2) is 30.3 Å². The summed E-state index contributed by atoms with van der Waals surface area (Å²) in [4.78, 5) is 3.76. The van der Waals surface area contributed by atoms with Crippen molar-refractivity contribution in [2.75, 3.05) is 6.54 Å². The van der Waals surface area contributed by atoms with Gasteiger partial charge in [0.2, 0.25) is 5.03 Å². The van der Waals surface area contributed by atoms with Crippen molar-refractivity contribution in [3.63, 3.8) is 0 Å². The molecule has 2 heterocycles. The second kappa shape index (κ2) is 4.49. The third-order valence-electron chi connectivity index (χ3n) is 4.64.